The van der Waals surface area contributed by atoms with Crippen LogP contribution in [-0.2, 0) is 4.79 Å². The van der Waals surface area contributed by atoms with Crippen molar-refractivity contribution in [2.75, 3.05) is 22.9 Å². The second kappa shape index (κ2) is 8.25. The van der Waals surface area contributed by atoms with Gasteiger partial charge in [-0.15, -0.1) is 11.8 Å². The van der Waals surface area contributed by atoms with E-state index in [1.807, 2.05) is 56.3 Å². The first-order chi connectivity index (χ1) is 11.1. The lowest BCUT2D eigenvalue weighted by Crippen LogP contribution is -2.22. The van der Waals surface area contributed by atoms with Crippen LogP contribution < -0.4 is 10.6 Å². The Morgan fingerprint density at radius 1 is 1.13 bits per heavy atom. The van der Waals surface area contributed by atoms with Crippen LogP contribution in [0.3, 0.4) is 0 Å². The van der Waals surface area contributed by atoms with Crippen molar-refractivity contribution in [2.45, 2.75) is 18.7 Å². The highest BCUT2D eigenvalue weighted by Gasteiger charge is 2.08. The molecular formula is C18H19N3OS. The molecule has 0 fully saturated rings. The molecule has 0 unspecified atom stereocenters. The number of rotatable bonds is 6. The molecule has 0 aliphatic rings. The Hall–Kier alpha value is -2.45. The average molecular weight is 325 g/mol. The van der Waals surface area contributed by atoms with Gasteiger partial charge in [0, 0.05) is 10.6 Å². The fourth-order valence-corrected chi connectivity index (χ4v) is 2.79. The van der Waals surface area contributed by atoms with Gasteiger partial charge in [-0.1, -0.05) is 24.3 Å². The minimum Gasteiger partial charge on any atom is -0.376 e. The van der Waals surface area contributed by atoms with E-state index in [2.05, 4.69) is 16.7 Å². The molecule has 0 heterocycles. The maximum atomic E-state index is 12.2. The number of nitrogens with one attached hydrogen (secondary N) is 2. The van der Waals surface area contributed by atoms with Crippen LogP contribution in [0, 0.1) is 25.2 Å². The SMILES string of the molecule is Cc1cccc(NCC(=O)Nc2ccccc2SCC#N)c1C. The van der Waals surface area contributed by atoms with Crippen molar-refractivity contribution >= 4 is 29.0 Å². The van der Waals surface area contributed by atoms with Crippen LogP contribution in [0.2, 0.25) is 0 Å². The fraction of sp³-hybridized carbons (Fsp3) is 0.222. The molecule has 1 amide bonds. The van der Waals surface area contributed by atoms with E-state index in [1.54, 1.807) is 0 Å². The number of hydrogen-bond acceptors (Lipinski definition) is 4. The lowest BCUT2D eigenvalue weighted by molar-refractivity contribution is -0.114. The Labute approximate surface area is 140 Å². The molecule has 0 bridgehead atoms. The Bertz CT molecular complexity index is 737. The molecule has 23 heavy (non-hydrogen) atoms. The number of hydrogen-bond donors (Lipinski definition) is 2. The molecule has 0 aliphatic heterocycles. The zero-order chi connectivity index (χ0) is 16.7. The Balaban J connectivity index is 1.98. The molecular weight excluding hydrogens is 306 g/mol. The first-order valence-electron chi connectivity index (χ1n) is 7.30. The van der Waals surface area contributed by atoms with E-state index in [-0.39, 0.29) is 12.5 Å². The zero-order valence-electron chi connectivity index (χ0n) is 13.2. The topological polar surface area (TPSA) is 64.9 Å². The quantitative estimate of drug-likeness (QED) is 0.789. The van der Waals surface area contributed by atoms with Crippen LogP contribution in [0.4, 0.5) is 11.4 Å². The summed E-state index contributed by atoms with van der Waals surface area (Å²) < 4.78 is 0. The van der Waals surface area contributed by atoms with Gasteiger partial charge in [-0.25, -0.2) is 0 Å². The van der Waals surface area contributed by atoms with E-state index in [1.165, 1.54) is 17.3 Å². The Morgan fingerprint density at radius 3 is 2.65 bits per heavy atom. The Kier molecular flexibility index (Phi) is 6.07. The number of benzene rings is 2. The molecule has 2 aromatic carbocycles. The van der Waals surface area contributed by atoms with Crippen LogP contribution >= 0.6 is 11.8 Å². The third-order valence-electron chi connectivity index (χ3n) is 3.50. The lowest BCUT2D eigenvalue weighted by atomic mass is 10.1. The van der Waals surface area contributed by atoms with Crippen molar-refractivity contribution in [3.63, 3.8) is 0 Å². The van der Waals surface area contributed by atoms with Crippen LogP contribution in [-0.4, -0.2) is 18.2 Å². The number of aryl methyl sites for hydroxylation is 1. The summed E-state index contributed by atoms with van der Waals surface area (Å²) in [7, 11) is 0. The van der Waals surface area contributed by atoms with Gasteiger partial charge in [-0.2, -0.15) is 5.26 Å². The van der Waals surface area contributed by atoms with E-state index in [4.69, 9.17) is 5.26 Å². The molecule has 2 N–H and O–H groups in total. The number of para-hydroxylation sites is 1. The van der Waals surface area contributed by atoms with Crippen molar-refractivity contribution in [3.8, 4) is 6.07 Å². The number of thioether (sulfide) groups is 1. The molecule has 0 spiro atoms. The van der Waals surface area contributed by atoms with Crippen LogP contribution in [0.25, 0.3) is 0 Å². The summed E-state index contributed by atoms with van der Waals surface area (Å²) in [5.41, 5.74) is 4.03. The molecule has 0 saturated heterocycles. The van der Waals surface area contributed by atoms with Gasteiger partial charge in [0.05, 0.1) is 24.1 Å². The number of nitrogens with zero attached hydrogens (tertiary/aromatic N) is 1. The average Bonchev–Trinajstić information content (AvgIpc) is 2.55. The molecule has 2 aromatic rings. The van der Waals surface area contributed by atoms with E-state index < -0.39 is 0 Å². The summed E-state index contributed by atoms with van der Waals surface area (Å²) >= 11 is 1.41. The second-order valence-electron chi connectivity index (χ2n) is 5.09. The monoisotopic (exact) mass is 325 g/mol. The predicted molar refractivity (Wildman–Crippen MR) is 95.8 cm³/mol. The van der Waals surface area contributed by atoms with Crippen molar-refractivity contribution < 1.29 is 4.79 Å². The summed E-state index contributed by atoms with van der Waals surface area (Å²) in [6.45, 7) is 4.27. The summed E-state index contributed by atoms with van der Waals surface area (Å²) in [5.74, 6) is 0.240. The smallest absolute Gasteiger partial charge is 0.243 e. The van der Waals surface area contributed by atoms with Gasteiger partial charge in [0.25, 0.3) is 0 Å². The standard InChI is InChI=1S/C18H19N3OS/c1-13-6-5-8-15(14(13)2)20-12-18(22)21-16-7-3-4-9-17(16)23-11-10-19/h3-9,20H,11-12H2,1-2H3,(H,21,22). The largest absolute Gasteiger partial charge is 0.376 e. The summed E-state index contributed by atoms with van der Waals surface area (Å²) in [5, 5.41) is 14.7. The van der Waals surface area contributed by atoms with E-state index in [0.717, 1.165) is 21.8 Å². The second-order valence-corrected chi connectivity index (χ2v) is 6.11. The van der Waals surface area contributed by atoms with Crippen LogP contribution in [0.1, 0.15) is 11.1 Å². The summed E-state index contributed by atoms with van der Waals surface area (Å²) in [4.78, 5) is 13.1. The zero-order valence-corrected chi connectivity index (χ0v) is 14.0. The highest BCUT2D eigenvalue weighted by molar-refractivity contribution is 7.99. The Morgan fingerprint density at radius 2 is 1.87 bits per heavy atom. The number of carbonyl (C=O) groups excluding carboxylic acids is 1. The molecule has 5 heteroatoms. The van der Waals surface area contributed by atoms with Gasteiger partial charge in [-0.05, 0) is 43.2 Å². The highest BCUT2D eigenvalue weighted by Crippen LogP contribution is 2.26. The van der Waals surface area contributed by atoms with Gasteiger partial charge >= 0.3 is 0 Å². The number of nitriles is 1. The van der Waals surface area contributed by atoms with Crippen LogP contribution in [0.15, 0.2) is 47.4 Å². The minimum atomic E-state index is -0.115. The van der Waals surface area contributed by atoms with Gasteiger partial charge in [0.1, 0.15) is 0 Å². The lowest BCUT2D eigenvalue weighted by Gasteiger charge is -2.13. The molecule has 0 atom stereocenters. The fourth-order valence-electron chi connectivity index (χ4n) is 2.12. The van der Waals surface area contributed by atoms with Crippen molar-refractivity contribution in [1.82, 2.24) is 0 Å². The number of amides is 1. The minimum absolute atomic E-state index is 0.115. The number of anilines is 2. The molecule has 0 aliphatic carbocycles. The third-order valence-corrected chi connectivity index (χ3v) is 4.44. The van der Waals surface area contributed by atoms with Crippen molar-refractivity contribution in [2.24, 2.45) is 0 Å². The van der Waals surface area contributed by atoms with E-state index in [0.29, 0.717) is 5.75 Å². The van der Waals surface area contributed by atoms with Crippen molar-refractivity contribution in [3.05, 3.63) is 53.6 Å². The first kappa shape index (κ1) is 16.9. The molecule has 4 nitrogen and oxygen atoms in total. The normalized spacial score (nSPS) is 9.96. The maximum absolute atomic E-state index is 12.2. The van der Waals surface area contributed by atoms with Crippen molar-refractivity contribution in [1.29, 1.82) is 5.26 Å². The molecule has 0 saturated carbocycles. The van der Waals surface area contributed by atoms with Gasteiger partial charge in [0.2, 0.25) is 5.91 Å². The first-order valence-corrected chi connectivity index (χ1v) is 8.29. The molecule has 0 aromatic heterocycles. The molecule has 2 rings (SSSR count). The summed E-state index contributed by atoms with van der Waals surface area (Å²) in [6.07, 6.45) is 0. The predicted octanol–water partition coefficient (Wildman–Crippen LogP) is 3.97. The molecule has 0 radical (unpaired) electrons. The summed E-state index contributed by atoms with van der Waals surface area (Å²) in [6, 6.07) is 15.6. The maximum Gasteiger partial charge on any atom is 0.243 e. The van der Waals surface area contributed by atoms with Gasteiger partial charge in [0.15, 0.2) is 0 Å². The van der Waals surface area contributed by atoms with Gasteiger partial charge < -0.3 is 10.6 Å². The highest BCUT2D eigenvalue weighted by atomic mass is 32.2. The molecule has 118 valence electrons. The van der Waals surface area contributed by atoms with Crippen LogP contribution in [0.5, 0.6) is 0 Å². The van der Waals surface area contributed by atoms with E-state index in [9.17, 15) is 4.79 Å². The van der Waals surface area contributed by atoms with E-state index >= 15 is 0 Å². The number of carbonyl (C=O) groups is 1. The third kappa shape index (κ3) is 4.76. The van der Waals surface area contributed by atoms with Gasteiger partial charge in [-0.3, -0.25) is 4.79 Å².